The Hall–Kier alpha value is -4.27. The molecule has 1 aliphatic rings. The second kappa shape index (κ2) is 9.47. The number of aryl methyl sites for hydroxylation is 1. The average molecular weight is 463 g/mol. The smallest absolute Gasteiger partial charge is 0.355 e. The monoisotopic (exact) mass is 462 g/mol. The zero-order valence-corrected chi connectivity index (χ0v) is 18.8. The van der Waals surface area contributed by atoms with Gasteiger partial charge in [-0.05, 0) is 30.2 Å². The van der Waals surface area contributed by atoms with Crippen LogP contribution in [-0.4, -0.2) is 26.2 Å². The van der Waals surface area contributed by atoms with Crippen LogP contribution in [0.2, 0.25) is 5.02 Å². The van der Waals surface area contributed by atoms with Crippen molar-refractivity contribution in [3.05, 3.63) is 86.8 Å². The second-order valence-electron chi connectivity index (χ2n) is 7.07. The number of carbonyl (C=O) groups excluding carboxylic acids is 2. The Bertz CT molecular complexity index is 1290. The molecular formula is C24H19ClN4O4. The first kappa shape index (κ1) is 23.4. The third-order valence-electron chi connectivity index (χ3n) is 5.25. The third kappa shape index (κ3) is 4.00. The van der Waals surface area contributed by atoms with Gasteiger partial charge in [-0.1, -0.05) is 41.9 Å². The lowest BCUT2D eigenvalue weighted by Crippen LogP contribution is -2.41. The minimum atomic E-state index is -1.000. The number of nitrogens with two attached hydrogens (primary N) is 1. The van der Waals surface area contributed by atoms with Crippen LogP contribution in [-0.2, 0) is 19.1 Å². The molecule has 8 nitrogen and oxygen atoms in total. The van der Waals surface area contributed by atoms with Crippen molar-refractivity contribution in [1.29, 1.82) is 10.5 Å². The van der Waals surface area contributed by atoms with Gasteiger partial charge in [0.25, 0.3) is 0 Å². The van der Waals surface area contributed by atoms with Crippen LogP contribution in [0.25, 0.3) is 0 Å². The van der Waals surface area contributed by atoms with Crippen molar-refractivity contribution in [1.82, 2.24) is 0 Å². The Kier molecular flexibility index (Phi) is 6.72. The lowest BCUT2D eigenvalue weighted by Gasteiger charge is -2.36. The summed E-state index contributed by atoms with van der Waals surface area (Å²) in [5, 5.41) is 20.1. The molecule has 3 rings (SSSR count). The molecule has 2 aromatic carbocycles. The van der Waals surface area contributed by atoms with Crippen molar-refractivity contribution in [3.8, 4) is 12.1 Å². The number of hydrogen-bond donors (Lipinski definition) is 1. The predicted octanol–water partition coefficient (Wildman–Crippen LogP) is 3.42. The number of hydrogen-bond acceptors (Lipinski definition) is 8. The molecule has 9 heteroatoms. The number of anilines is 1. The standard InChI is InChI=1S/C24H19ClN4O4/c1-13-9-15(11-26)18(10-17(13)25)29-21(24(31)33-3)20(23(30)32-2)19(16(12-27)22(29)28)14-7-5-4-6-8-14/h4-10,19H,28H2,1-3H3. The van der Waals surface area contributed by atoms with E-state index in [0.717, 1.165) is 19.1 Å². The number of benzene rings is 2. The van der Waals surface area contributed by atoms with Gasteiger partial charge in [0, 0.05) is 5.02 Å². The summed E-state index contributed by atoms with van der Waals surface area (Å²) in [5.41, 5.74) is 7.41. The number of halogens is 1. The number of rotatable bonds is 4. The van der Waals surface area contributed by atoms with Gasteiger partial charge in [0.05, 0.1) is 48.6 Å². The largest absolute Gasteiger partial charge is 0.466 e. The van der Waals surface area contributed by atoms with Crippen LogP contribution < -0.4 is 10.6 Å². The molecule has 0 aromatic heterocycles. The van der Waals surface area contributed by atoms with Crippen molar-refractivity contribution in [3.63, 3.8) is 0 Å². The molecule has 166 valence electrons. The van der Waals surface area contributed by atoms with E-state index < -0.39 is 17.9 Å². The summed E-state index contributed by atoms with van der Waals surface area (Å²) in [6, 6.07) is 15.7. The maximum atomic E-state index is 13.0. The van der Waals surface area contributed by atoms with Gasteiger partial charge in [0.2, 0.25) is 0 Å². The average Bonchev–Trinajstić information content (AvgIpc) is 2.84. The normalized spacial score (nSPS) is 15.6. The van der Waals surface area contributed by atoms with Crippen LogP contribution in [0.15, 0.2) is 65.1 Å². The molecule has 0 saturated carbocycles. The van der Waals surface area contributed by atoms with E-state index in [-0.39, 0.29) is 33.9 Å². The van der Waals surface area contributed by atoms with Crippen LogP contribution in [0.3, 0.4) is 0 Å². The number of nitriles is 2. The van der Waals surface area contributed by atoms with Crippen molar-refractivity contribution in [2.75, 3.05) is 19.1 Å². The summed E-state index contributed by atoms with van der Waals surface area (Å²) < 4.78 is 9.95. The summed E-state index contributed by atoms with van der Waals surface area (Å²) >= 11 is 6.31. The first-order valence-electron chi connectivity index (χ1n) is 9.66. The molecule has 1 heterocycles. The lowest BCUT2D eigenvalue weighted by molar-refractivity contribution is -0.139. The number of allylic oxidation sites excluding steroid dienone is 1. The van der Waals surface area contributed by atoms with E-state index in [0.29, 0.717) is 16.1 Å². The molecular weight excluding hydrogens is 444 g/mol. The second-order valence-corrected chi connectivity index (χ2v) is 7.47. The predicted molar refractivity (Wildman–Crippen MR) is 120 cm³/mol. The Morgan fingerprint density at radius 3 is 2.24 bits per heavy atom. The van der Waals surface area contributed by atoms with Crippen molar-refractivity contribution >= 4 is 29.2 Å². The van der Waals surface area contributed by atoms with Gasteiger partial charge in [0.15, 0.2) is 0 Å². The maximum absolute atomic E-state index is 13.0. The molecule has 0 bridgehead atoms. The minimum absolute atomic E-state index is 0.00478. The van der Waals surface area contributed by atoms with E-state index in [9.17, 15) is 20.1 Å². The fraction of sp³-hybridized carbons (Fsp3) is 0.167. The fourth-order valence-corrected chi connectivity index (χ4v) is 3.87. The summed E-state index contributed by atoms with van der Waals surface area (Å²) in [5.74, 6) is -2.90. The van der Waals surface area contributed by atoms with Gasteiger partial charge in [-0.15, -0.1) is 0 Å². The van der Waals surface area contributed by atoms with E-state index >= 15 is 0 Å². The Labute approximate surface area is 195 Å². The van der Waals surface area contributed by atoms with Gasteiger partial charge < -0.3 is 15.2 Å². The molecule has 0 aliphatic carbocycles. The first-order valence-corrected chi connectivity index (χ1v) is 10.0. The van der Waals surface area contributed by atoms with E-state index in [1.54, 1.807) is 37.3 Å². The molecule has 33 heavy (non-hydrogen) atoms. The molecule has 1 atom stereocenters. The molecule has 1 unspecified atom stereocenters. The molecule has 0 fully saturated rings. The fourth-order valence-electron chi connectivity index (χ4n) is 3.71. The third-order valence-corrected chi connectivity index (χ3v) is 5.66. The van der Waals surface area contributed by atoms with Crippen LogP contribution in [0.5, 0.6) is 0 Å². The van der Waals surface area contributed by atoms with Crippen LogP contribution in [0.1, 0.15) is 22.6 Å². The zero-order valence-electron chi connectivity index (χ0n) is 18.0. The van der Waals surface area contributed by atoms with Crippen molar-refractivity contribution in [2.45, 2.75) is 12.8 Å². The van der Waals surface area contributed by atoms with E-state index in [4.69, 9.17) is 26.8 Å². The Morgan fingerprint density at radius 2 is 1.70 bits per heavy atom. The number of nitrogens with zero attached hydrogens (tertiary/aromatic N) is 3. The lowest BCUT2D eigenvalue weighted by atomic mass is 9.80. The molecule has 2 N–H and O–H groups in total. The summed E-state index contributed by atoms with van der Waals surface area (Å²) in [6.07, 6.45) is 0. The van der Waals surface area contributed by atoms with Gasteiger partial charge >= 0.3 is 11.9 Å². The van der Waals surface area contributed by atoms with E-state index in [2.05, 4.69) is 6.07 Å². The molecule has 0 spiro atoms. The first-order chi connectivity index (χ1) is 15.8. The molecule has 0 saturated heterocycles. The quantitative estimate of drug-likeness (QED) is 0.684. The van der Waals surface area contributed by atoms with Crippen LogP contribution >= 0.6 is 11.6 Å². The number of methoxy groups -OCH3 is 2. The molecule has 2 aromatic rings. The molecule has 1 aliphatic heterocycles. The highest BCUT2D eigenvalue weighted by molar-refractivity contribution is 6.31. The van der Waals surface area contributed by atoms with Crippen LogP contribution in [0, 0.1) is 29.6 Å². The number of ether oxygens (including phenoxy) is 2. The van der Waals surface area contributed by atoms with Crippen molar-refractivity contribution in [2.24, 2.45) is 5.73 Å². The highest BCUT2D eigenvalue weighted by atomic mass is 35.5. The van der Waals surface area contributed by atoms with Gasteiger partial charge in [-0.3, -0.25) is 4.90 Å². The highest BCUT2D eigenvalue weighted by Gasteiger charge is 2.43. The Balaban J connectivity index is 2.49. The molecule has 0 radical (unpaired) electrons. The number of carbonyl (C=O) groups is 2. The maximum Gasteiger partial charge on any atom is 0.355 e. The van der Waals surface area contributed by atoms with E-state index in [1.165, 1.54) is 12.1 Å². The SMILES string of the molecule is COC(=O)C1=C(C(=O)OC)N(c2cc(Cl)c(C)cc2C#N)C(N)=C(C#N)C1c1ccccc1. The topological polar surface area (TPSA) is 129 Å². The number of esters is 2. The van der Waals surface area contributed by atoms with Crippen LogP contribution in [0.4, 0.5) is 5.69 Å². The van der Waals surface area contributed by atoms with Gasteiger partial charge in [-0.25, -0.2) is 9.59 Å². The summed E-state index contributed by atoms with van der Waals surface area (Å²) in [7, 11) is 2.31. The summed E-state index contributed by atoms with van der Waals surface area (Å²) in [6.45, 7) is 1.71. The Morgan fingerprint density at radius 1 is 1.06 bits per heavy atom. The minimum Gasteiger partial charge on any atom is -0.466 e. The van der Waals surface area contributed by atoms with E-state index in [1.807, 2.05) is 6.07 Å². The van der Waals surface area contributed by atoms with Gasteiger partial charge in [0.1, 0.15) is 17.6 Å². The molecule has 0 amide bonds. The van der Waals surface area contributed by atoms with Gasteiger partial charge in [-0.2, -0.15) is 10.5 Å². The zero-order chi connectivity index (χ0) is 24.3. The summed E-state index contributed by atoms with van der Waals surface area (Å²) in [4.78, 5) is 27.2. The highest BCUT2D eigenvalue weighted by Crippen LogP contribution is 2.44. The van der Waals surface area contributed by atoms with Crippen molar-refractivity contribution < 1.29 is 19.1 Å².